The second-order valence-electron chi connectivity index (χ2n) is 4.59. The number of aliphatic hydroxyl groups is 1. The highest BCUT2D eigenvalue weighted by Gasteiger charge is 2.13. The highest BCUT2D eigenvalue weighted by Crippen LogP contribution is 2.26. The number of fused-ring (bicyclic) bond motifs is 1. The maximum Gasteiger partial charge on any atom is 0.104 e. The van der Waals surface area contributed by atoms with Crippen LogP contribution in [0.5, 0.6) is 0 Å². The fourth-order valence-corrected chi connectivity index (χ4v) is 2.23. The Balaban J connectivity index is 2.07. The fraction of sp³-hybridized carbons (Fsp3) is 0.125. The first-order chi connectivity index (χ1) is 9.25. The van der Waals surface area contributed by atoms with Crippen molar-refractivity contribution >= 4 is 10.9 Å². The Bertz CT molecular complexity index is 725. The number of nitrogens with zero attached hydrogens (tertiary/aromatic N) is 2. The summed E-state index contributed by atoms with van der Waals surface area (Å²) in [4.78, 5) is 8.33. The van der Waals surface area contributed by atoms with E-state index in [9.17, 15) is 5.11 Å². The van der Waals surface area contributed by atoms with Gasteiger partial charge in [-0.1, -0.05) is 12.1 Å². The van der Waals surface area contributed by atoms with E-state index in [4.69, 9.17) is 0 Å². The van der Waals surface area contributed by atoms with E-state index in [1.165, 1.54) is 0 Å². The van der Waals surface area contributed by atoms with Gasteiger partial charge in [0.15, 0.2) is 0 Å². The molecule has 1 unspecified atom stereocenters. The lowest BCUT2D eigenvalue weighted by atomic mass is 9.98. The van der Waals surface area contributed by atoms with E-state index in [1.54, 1.807) is 18.6 Å². The first-order valence-electron chi connectivity index (χ1n) is 6.19. The Morgan fingerprint density at radius 2 is 2.00 bits per heavy atom. The minimum Gasteiger partial charge on any atom is -0.384 e. The first kappa shape index (κ1) is 11.8. The van der Waals surface area contributed by atoms with Crippen molar-refractivity contribution < 1.29 is 5.11 Å². The van der Waals surface area contributed by atoms with Gasteiger partial charge in [-0.05, 0) is 47.9 Å². The number of aromatic nitrogens is 2. The zero-order valence-corrected chi connectivity index (χ0v) is 10.6. The molecule has 2 heterocycles. The van der Waals surface area contributed by atoms with Crippen LogP contribution in [0.25, 0.3) is 10.9 Å². The summed E-state index contributed by atoms with van der Waals surface area (Å²) < 4.78 is 0. The first-order valence-corrected chi connectivity index (χ1v) is 6.19. The normalized spacial score (nSPS) is 12.5. The molecule has 0 aliphatic rings. The van der Waals surface area contributed by atoms with Crippen LogP contribution in [0.3, 0.4) is 0 Å². The molecule has 0 spiro atoms. The standard InChI is InChI=1S/C16H14N2O/c1-11-10-17-8-6-14(11)16(19)13-4-5-15-12(9-13)3-2-7-18-15/h2-10,16,19H,1H3. The van der Waals surface area contributed by atoms with Crippen molar-refractivity contribution in [2.24, 2.45) is 0 Å². The van der Waals surface area contributed by atoms with Crippen LogP contribution in [0.2, 0.25) is 0 Å². The van der Waals surface area contributed by atoms with Crippen molar-refractivity contribution in [3.63, 3.8) is 0 Å². The van der Waals surface area contributed by atoms with Gasteiger partial charge in [0.05, 0.1) is 5.52 Å². The average Bonchev–Trinajstić information content (AvgIpc) is 2.46. The molecule has 0 saturated heterocycles. The highest BCUT2D eigenvalue weighted by molar-refractivity contribution is 5.79. The van der Waals surface area contributed by atoms with Crippen LogP contribution in [-0.4, -0.2) is 15.1 Å². The number of aryl methyl sites for hydroxylation is 1. The van der Waals surface area contributed by atoms with Crippen LogP contribution in [-0.2, 0) is 0 Å². The third kappa shape index (κ3) is 2.20. The molecule has 1 aromatic carbocycles. The van der Waals surface area contributed by atoms with Gasteiger partial charge < -0.3 is 5.11 Å². The molecule has 3 heteroatoms. The SMILES string of the molecule is Cc1cnccc1C(O)c1ccc2ncccc2c1. The summed E-state index contributed by atoms with van der Waals surface area (Å²) in [5.41, 5.74) is 3.68. The molecular weight excluding hydrogens is 236 g/mol. The smallest absolute Gasteiger partial charge is 0.104 e. The largest absolute Gasteiger partial charge is 0.384 e. The molecule has 0 aliphatic carbocycles. The minimum absolute atomic E-state index is 0.632. The molecular formula is C16H14N2O. The van der Waals surface area contributed by atoms with E-state index in [0.29, 0.717) is 0 Å². The Hall–Kier alpha value is -2.26. The monoisotopic (exact) mass is 250 g/mol. The molecule has 1 N–H and O–H groups in total. The van der Waals surface area contributed by atoms with Crippen molar-refractivity contribution in [3.8, 4) is 0 Å². The fourth-order valence-electron chi connectivity index (χ4n) is 2.23. The van der Waals surface area contributed by atoms with E-state index < -0.39 is 6.10 Å². The summed E-state index contributed by atoms with van der Waals surface area (Å²) in [6.07, 6.45) is 4.61. The lowest BCUT2D eigenvalue weighted by Crippen LogP contribution is -2.02. The van der Waals surface area contributed by atoms with Gasteiger partial charge in [0.1, 0.15) is 6.10 Å². The molecule has 0 radical (unpaired) electrons. The minimum atomic E-state index is -0.632. The number of benzene rings is 1. The van der Waals surface area contributed by atoms with E-state index in [0.717, 1.165) is 27.6 Å². The highest BCUT2D eigenvalue weighted by atomic mass is 16.3. The van der Waals surface area contributed by atoms with Crippen LogP contribution in [0.4, 0.5) is 0 Å². The molecule has 0 fully saturated rings. The number of hydrogen-bond acceptors (Lipinski definition) is 3. The lowest BCUT2D eigenvalue weighted by molar-refractivity contribution is 0.219. The summed E-state index contributed by atoms with van der Waals surface area (Å²) in [6, 6.07) is 11.6. The van der Waals surface area contributed by atoms with Gasteiger partial charge in [0.2, 0.25) is 0 Å². The Morgan fingerprint density at radius 3 is 2.84 bits per heavy atom. The van der Waals surface area contributed by atoms with Gasteiger partial charge in [-0.2, -0.15) is 0 Å². The Kier molecular flexibility index (Phi) is 2.97. The molecule has 0 amide bonds. The molecule has 3 rings (SSSR count). The predicted molar refractivity (Wildman–Crippen MR) is 74.8 cm³/mol. The third-order valence-electron chi connectivity index (χ3n) is 3.30. The number of pyridine rings is 2. The zero-order valence-electron chi connectivity index (χ0n) is 10.6. The second-order valence-corrected chi connectivity index (χ2v) is 4.59. The molecule has 1 atom stereocenters. The Morgan fingerprint density at radius 1 is 1.11 bits per heavy atom. The summed E-state index contributed by atoms with van der Waals surface area (Å²) in [5, 5.41) is 11.5. The molecule has 2 aromatic heterocycles. The van der Waals surface area contributed by atoms with E-state index >= 15 is 0 Å². The number of aliphatic hydroxyl groups excluding tert-OH is 1. The summed E-state index contributed by atoms with van der Waals surface area (Å²) in [5.74, 6) is 0. The molecule has 0 bridgehead atoms. The van der Waals surface area contributed by atoms with Gasteiger partial charge in [-0.15, -0.1) is 0 Å². The molecule has 94 valence electrons. The maximum absolute atomic E-state index is 10.5. The molecule has 19 heavy (non-hydrogen) atoms. The third-order valence-corrected chi connectivity index (χ3v) is 3.30. The van der Waals surface area contributed by atoms with E-state index in [1.807, 2.05) is 43.3 Å². The van der Waals surface area contributed by atoms with Gasteiger partial charge in [0, 0.05) is 24.0 Å². The van der Waals surface area contributed by atoms with Gasteiger partial charge in [-0.25, -0.2) is 0 Å². The summed E-state index contributed by atoms with van der Waals surface area (Å²) >= 11 is 0. The van der Waals surface area contributed by atoms with Crippen LogP contribution in [0, 0.1) is 6.92 Å². The van der Waals surface area contributed by atoms with Crippen LogP contribution < -0.4 is 0 Å². The van der Waals surface area contributed by atoms with Crippen molar-refractivity contribution in [1.82, 2.24) is 9.97 Å². The van der Waals surface area contributed by atoms with Crippen molar-refractivity contribution in [3.05, 3.63) is 71.7 Å². The van der Waals surface area contributed by atoms with Gasteiger partial charge in [-0.3, -0.25) is 9.97 Å². The molecule has 3 nitrogen and oxygen atoms in total. The van der Waals surface area contributed by atoms with Crippen molar-refractivity contribution in [2.75, 3.05) is 0 Å². The lowest BCUT2D eigenvalue weighted by Gasteiger charge is -2.14. The topological polar surface area (TPSA) is 46.0 Å². The van der Waals surface area contributed by atoms with Gasteiger partial charge >= 0.3 is 0 Å². The summed E-state index contributed by atoms with van der Waals surface area (Å²) in [7, 11) is 0. The van der Waals surface area contributed by atoms with E-state index in [2.05, 4.69) is 9.97 Å². The zero-order chi connectivity index (χ0) is 13.2. The van der Waals surface area contributed by atoms with Crippen molar-refractivity contribution in [2.45, 2.75) is 13.0 Å². The average molecular weight is 250 g/mol. The van der Waals surface area contributed by atoms with Crippen LogP contribution in [0.15, 0.2) is 55.0 Å². The second kappa shape index (κ2) is 4.78. The molecule has 3 aromatic rings. The van der Waals surface area contributed by atoms with Crippen LogP contribution in [0.1, 0.15) is 22.8 Å². The quantitative estimate of drug-likeness (QED) is 0.760. The van der Waals surface area contributed by atoms with Gasteiger partial charge in [0.25, 0.3) is 0 Å². The van der Waals surface area contributed by atoms with E-state index in [-0.39, 0.29) is 0 Å². The predicted octanol–water partition coefficient (Wildman–Crippen LogP) is 3.02. The number of hydrogen-bond donors (Lipinski definition) is 1. The van der Waals surface area contributed by atoms with Crippen LogP contribution >= 0.6 is 0 Å². The number of rotatable bonds is 2. The summed E-state index contributed by atoms with van der Waals surface area (Å²) in [6.45, 7) is 1.95. The van der Waals surface area contributed by atoms with Crippen molar-refractivity contribution in [1.29, 1.82) is 0 Å². The molecule has 0 aliphatic heterocycles. The molecule has 0 saturated carbocycles. The Labute approximate surface area is 111 Å². The maximum atomic E-state index is 10.5.